The molecular formula is C21H20FN3O3. The molecule has 0 aliphatic heterocycles. The summed E-state index contributed by atoms with van der Waals surface area (Å²) in [6, 6.07) is 15.5. The first-order valence-corrected chi connectivity index (χ1v) is 8.71. The highest BCUT2D eigenvalue weighted by Crippen LogP contribution is 2.26. The van der Waals surface area contributed by atoms with E-state index in [2.05, 4.69) is 10.3 Å². The lowest BCUT2D eigenvalue weighted by Gasteiger charge is -2.10. The lowest BCUT2D eigenvalue weighted by molar-refractivity contribution is 0.102. The molecule has 0 atom stereocenters. The first-order chi connectivity index (χ1) is 13.5. The Balaban J connectivity index is 1.68. The van der Waals surface area contributed by atoms with Crippen LogP contribution in [0.4, 0.5) is 15.9 Å². The van der Waals surface area contributed by atoms with E-state index in [1.54, 1.807) is 30.3 Å². The molecule has 2 aromatic carbocycles. The number of nitrogens with zero attached hydrogens (tertiary/aromatic N) is 1. The van der Waals surface area contributed by atoms with Crippen LogP contribution in [0.3, 0.4) is 0 Å². The third-order valence-electron chi connectivity index (χ3n) is 3.89. The van der Waals surface area contributed by atoms with Crippen molar-refractivity contribution in [3.8, 4) is 17.2 Å². The largest absolute Gasteiger partial charge is 0.494 e. The second-order valence-corrected chi connectivity index (χ2v) is 6.02. The van der Waals surface area contributed by atoms with Gasteiger partial charge in [0.1, 0.15) is 23.1 Å². The quantitative estimate of drug-likeness (QED) is 0.612. The van der Waals surface area contributed by atoms with Crippen molar-refractivity contribution in [2.75, 3.05) is 17.7 Å². The number of nitrogen functional groups attached to an aromatic ring is 1. The molecule has 0 unspecified atom stereocenters. The van der Waals surface area contributed by atoms with E-state index in [0.717, 1.165) is 5.75 Å². The number of anilines is 2. The maximum atomic E-state index is 13.4. The van der Waals surface area contributed by atoms with Crippen LogP contribution in [0.25, 0.3) is 0 Å². The van der Waals surface area contributed by atoms with Crippen LogP contribution in [0.2, 0.25) is 0 Å². The van der Waals surface area contributed by atoms with Crippen LogP contribution < -0.4 is 20.5 Å². The molecule has 0 spiro atoms. The molecule has 0 saturated carbocycles. The third-order valence-corrected chi connectivity index (χ3v) is 3.89. The van der Waals surface area contributed by atoms with Gasteiger partial charge in [0.25, 0.3) is 5.91 Å². The minimum Gasteiger partial charge on any atom is -0.494 e. The van der Waals surface area contributed by atoms with Crippen molar-refractivity contribution in [3.63, 3.8) is 0 Å². The Bertz CT molecular complexity index is 991. The van der Waals surface area contributed by atoms with E-state index in [4.69, 9.17) is 15.2 Å². The Morgan fingerprint density at radius 3 is 2.54 bits per heavy atom. The lowest BCUT2D eigenvalue weighted by atomic mass is 10.1. The summed E-state index contributed by atoms with van der Waals surface area (Å²) >= 11 is 0. The van der Waals surface area contributed by atoms with Gasteiger partial charge in [0.05, 0.1) is 12.2 Å². The zero-order chi connectivity index (χ0) is 20.1. The summed E-state index contributed by atoms with van der Waals surface area (Å²) in [6.45, 7) is 4.01. The number of nitrogens with one attached hydrogen (secondary N) is 1. The van der Waals surface area contributed by atoms with E-state index in [9.17, 15) is 9.18 Å². The number of hydrogen-bond acceptors (Lipinski definition) is 5. The maximum Gasteiger partial charge on any atom is 0.259 e. The van der Waals surface area contributed by atoms with Gasteiger partial charge in [-0.15, -0.1) is 0 Å². The Kier molecular flexibility index (Phi) is 5.74. The highest BCUT2D eigenvalue weighted by molar-refractivity contribution is 6.07. The predicted octanol–water partition coefficient (Wildman–Crippen LogP) is 4.55. The number of carbonyl (C=O) groups is 1. The summed E-state index contributed by atoms with van der Waals surface area (Å²) in [4.78, 5) is 15.9. The van der Waals surface area contributed by atoms with Crippen LogP contribution in [-0.4, -0.2) is 17.5 Å². The minimum absolute atomic E-state index is 0.118. The predicted molar refractivity (Wildman–Crippen MR) is 105 cm³/mol. The van der Waals surface area contributed by atoms with Gasteiger partial charge in [-0.2, -0.15) is 4.39 Å². The molecule has 7 heteroatoms. The summed E-state index contributed by atoms with van der Waals surface area (Å²) in [6.07, 6.45) is 0. The van der Waals surface area contributed by atoms with Gasteiger partial charge in [-0.05, 0) is 56.3 Å². The molecule has 3 N–H and O–H groups in total. The first-order valence-electron chi connectivity index (χ1n) is 8.71. The molecular weight excluding hydrogens is 361 g/mol. The van der Waals surface area contributed by atoms with E-state index in [1.807, 2.05) is 25.1 Å². The fourth-order valence-electron chi connectivity index (χ4n) is 2.52. The van der Waals surface area contributed by atoms with Gasteiger partial charge in [0.15, 0.2) is 0 Å². The molecule has 0 aliphatic carbocycles. The zero-order valence-electron chi connectivity index (χ0n) is 15.5. The molecule has 144 valence electrons. The maximum absolute atomic E-state index is 13.4. The fourth-order valence-corrected chi connectivity index (χ4v) is 2.52. The number of aryl methyl sites for hydroxylation is 1. The standard InChI is InChI=1S/C21H20FN3O3/c1-3-27-16-5-4-6-17(12-16)28-15-9-7-14(8-10-15)24-21(26)18-11-13(2)19(22)25-20(18)23/h4-12H,3H2,1-2H3,(H2,23,25)(H,24,26). The van der Waals surface area contributed by atoms with Crippen LogP contribution in [0.15, 0.2) is 54.6 Å². The average molecular weight is 381 g/mol. The Hall–Kier alpha value is -3.61. The van der Waals surface area contributed by atoms with Crippen LogP contribution in [-0.2, 0) is 0 Å². The van der Waals surface area contributed by atoms with Gasteiger partial charge in [-0.25, -0.2) is 4.98 Å². The number of hydrogen-bond donors (Lipinski definition) is 2. The molecule has 1 aromatic heterocycles. The van der Waals surface area contributed by atoms with Gasteiger partial charge >= 0.3 is 0 Å². The van der Waals surface area contributed by atoms with Crippen LogP contribution in [0.1, 0.15) is 22.8 Å². The first kappa shape index (κ1) is 19.2. The number of nitrogens with two attached hydrogens (primary N) is 1. The van der Waals surface area contributed by atoms with Gasteiger partial charge in [-0.3, -0.25) is 4.79 Å². The lowest BCUT2D eigenvalue weighted by Crippen LogP contribution is -2.16. The molecule has 6 nitrogen and oxygen atoms in total. The van der Waals surface area contributed by atoms with Crippen molar-refractivity contribution in [3.05, 3.63) is 71.7 Å². The van der Waals surface area contributed by atoms with Gasteiger partial charge in [0, 0.05) is 17.3 Å². The van der Waals surface area contributed by atoms with Crippen molar-refractivity contribution < 1.29 is 18.7 Å². The Morgan fingerprint density at radius 1 is 1.11 bits per heavy atom. The van der Waals surface area contributed by atoms with Crippen molar-refractivity contribution in [1.29, 1.82) is 0 Å². The summed E-state index contributed by atoms with van der Waals surface area (Å²) in [5.74, 6) is 0.656. The molecule has 1 amide bonds. The summed E-state index contributed by atoms with van der Waals surface area (Å²) in [5, 5.41) is 2.71. The van der Waals surface area contributed by atoms with Crippen LogP contribution >= 0.6 is 0 Å². The smallest absolute Gasteiger partial charge is 0.259 e. The van der Waals surface area contributed by atoms with Gasteiger partial charge < -0.3 is 20.5 Å². The molecule has 0 fully saturated rings. The molecule has 0 bridgehead atoms. The number of benzene rings is 2. The van der Waals surface area contributed by atoms with Crippen molar-refractivity contribution in [1.82, 2.24) is 4.98 Å². The molecule has 3 rings (SSSR count). The number of carbonyl (C=O) groups excluding carboxylic acids is 1. The molecule has 3 aromatic rings. The fraction of sp³-hybridized carbons (Fsp3) is 0.143. The van der Waals surface area contributed by atoms with E-state index in [1.165, 1.54) is 13.0 Å². The average Bonchev–Trinajstić information content (AvgIpc) is 2.67. The molecule has 1 heterocycles. The number of rotatable bonds is 6. The molecule has 0 saturated heterocycles. The topological polar surface area (TPSA) is 86.5 Å². The van der Waals surface area contributed by atoms with E-state index >= 15 is 0 Å². The number of ether oxygens (including phenoxy) is 2. The minimum atomic E-state index is -0.691. The Morgan fingerprint density at radius 2 is 1.82 bits per heavy atom. The highest BCUT2D eigenvalue weighted by Gasteiger charge is 2.14. The summed E-state index contributed by atoms with van der Waals surface area (Å²) in [5.41, 5.74) is 6.55. The van der Waals surface area contributed by atoms with Crippen molar-refractivity contribution in [2.24, 2.45) is 0 Å². The Labute approximate surface area is 162 Å². The zero-order valence-corrected chi connectivity index (χ0v) is 15.5. The van der Waals surface area contributed by atoms with Crippen LogP contribution in [0, 0.1) is 12.9 Å². The number of aromatic nitrogens is 1. The molecule has 0 aliphatic rings. The second kappa shape index (κ2) is 8.39. The van der Waals surface area contributed by atoms with E-state index in [-0.39, 0.29) is 16.9 Å². The molecule has 28 heavy (non-hydrogen) atoms. The van der Waals surface area contributed by atoms with Gasteiger partial charge in [0.2, 0.25) is 5.95 Å². The van der Waals surface area contributed by atoms with Crippen LogP contribution in [0.5, 0.6) is 17.2 Å². The monoisotopic (exact) mass is 381 g/mol. The second-order valence-electron chi connectivity index (χ2n) is 6.02. The molecule has 0 radical (unpaired) electrons. The summed E-state index contributed by atoms with van der Waals surface area (Å²) in [7, 11) is 0. The summed E-state index contributed by atoms with van der Waals surface area (Å²) < 4.78 is 24.6. The van der Waals surface area contributed by atoms with E-state index in [0.29, 0.717) is 23.8 Å². The number of halogens is 1. The van der Waals surface area contributed by atoms with Crippen molar-refractivity contribution >= 4 is 17.4 Å². The highest BCUT2D eigenvalue weighted by atomic mass is 19.1. The van der Waals surface area contributed by atoms with Gasteiger partial charge in [-0.1, -0.05) is 6.07 Å². The van der Waals surface area contributed by atoms with E-state index < -0.39 is 11.9 Å². The van der Waals surface area contributed by atoms with Crippen molar-refractivity contribution in [2.45, 2.75) is 13.8 Å². The number of pyridine rings is 1. The number of amides is 1. The normalized spacial score (nSPS) is 10.4. The third kappa shape index (κ3) is 4.56. The SMILES string of the molecule is CCOc1cccc(Oc2ccc(NC(=O)c3cc(C)c(F)nc3N)cc2)c1.